The maximum absolute atomic E-state index is 12.8. The number of benzene rings is 2. The van der Waals surface area contributed by atoms with Crippen LogP contribution in [0.2, 0.25) is 0 Å². The standard InChI is InChI=1S/C42H53N3O13S2.Na/c1-41(2,3)37-26-29(32-15-13-30(27-35(32)57-37)43(21-23-55-5)22-24-56-6)10-7-11-36-42(4,19-8-12-40(48)58-45-38(46)17-18-39(45)47)33-28-31(60(52,53)54)14-16-34(33)44(36)20-9-25-59(49,50)51;/h7,10-11,13-16,26-28H,8-9,12,17-25H2,1-6H3,(H-,49,50,51,52,53,54);/q;+1/p-1. The van der Waals surface area contributed by atoms with Crippen molar-refractivity contribution in [3.63, 3.8) is 0 Å². The van der Waals surface area contributed by atoms with Crippen molar-refractivity contribution in [3.8, 4) is 11.3 Å². The normalized spacial score (nSPS) is 17.7. The molecule has 61 heavy (non-hydrogen) atoms. The Morgan fingerprint density at radius 1 is 0.951 bits per heavy atom. The summed E-state index contributed by atoms with van der Waals surface area (Å²) in [5, 5.41) is 1.38. The van der Waals surface area contributed by atoms with Gasteiger partial charge >= 0.3 is 35.5 Å². The quantitative estimate of drug-likeness (QED) is 0.0756. The van der Waals surface area contributed by atoms with Crippen molar-refractivity contribution in [1.29, 1.82) is 0 Å². The Morgan fingerprint density at radius 2 is 1.61 bits per heavy atom. The number of methoxy groups -OCH3 is 2. The number of hydrogen-bond donors (Lipinski definition) is 0. The van der Waals surface area contributed by atoms with Crippen molar-refractivity contribution in [2.24, 2.45) is 0 Å². The number of rotatable bonds is 18. The summed E-state index contributed by atoms with van der Waals surface area (Å²) in [6.07, 6.45) is 5.41. The molecule has 19 heteroatoms. The summed E-state index contributed by atoms with van der Waals surface area (Å²) in [6.45, 7) is 10.2. The zero-order chi connectivity index (χ0) is 44.0. The first kappa shape index (κ1) is 49.9. The molecule has 1 aromatic carbocycles. The number of carbonyl (C=O) groups excluding carboxylic acids is 3. The molecule has 2 amide bonds. The van der Waals surface area contributed by atoms with Crippen LogP contribution in [0.15, 0.2) is 69.6 Å². The third-order valence-electron chi connectivity index (χ3n) is 10.6. The van der Waals surface area contributed by atoms with Gasteiger partial charge in [-0.3, -0.25) is 9.59 Å². The molecule has 0 spiro atoms. The molecule has 5 rings (SSSR count). The summed E-state index contributed by atoms with van der Waals surface area (Å²) < 4.78 is 91.1. The second-order valence-corrected chi connectivity index (χ2v) is 18.9. The van der Waals surface area contributed by atoms with E-state index in [9.17, 15) is 40.3 Å². The van der Waals surface area contributed by atoms with Crippen LogP contribution in [0.1, 0.15) is 83.1 Å². The minimum Gasteiger partial charge on any atom is -0.748 e. The smallest absolute Gasteiger partial charge is 0.748 e. The van der Waals surface area contributed by atoms with Crippen molar-refractivity contribution >= 4 is 49.8 Å². The fourth-order valence-corrected chi connectivity index (χ4v) is 8.38. The van der Waals surface area contributed by atoms with Crippen LogP contribution in [0.5, 0.6) is 0 Å². The first-order valence-electron chi connectivity index (χ1n) is 19.6. The third kappa shape index (κ3) is 12.5. The van der Waals surface area contributed by atoms with Crippen molar-refractivity contribution in [2.75, 3.05) is 57.7 Å². The topological polar surface area (TPSA) is 216 Å². The Morgan fingerprint density at radius 3 is 2.20 bits per heavy atom. The summed E-state index contributed by atoms with van der Waals surface area (Å²) in [5.41, 5.74) is 1.67. The second-order valence-electron chi connectivity index (χ2n) is 16.0. The van der Waals surface area contributed by atoms with Gasteiger partial charge in [0.15, 0.2) is 13.1 Å². The predicted octanol–water partition coefficient (Wildman–Crippen LogP) is 1.04. The molecule has 1 fully saturated rings. The Kier molecular flexibility index (Phi) is 16.9. The molecule has 1 atom stereocenters. The molecule has 0 aromatic heterocycles. The summed E-state index contributed by atoms with van der Waals surface area (Å²) in [4.78, 5) is 43.3. The Balaban J connectivity index is 0.00000819. The monoisotopic (exact) mass is 893 g/mol. The number of amides is 2. The van der Waals surface area contributed by atoms with E-state index in [2.05, 4.69) is 4.58 Å². The predicted molar refractivity (Wildman–Crippen MR) is 219 cm³/mol. The molecule has 1 unspecified atom stereocenters. The SMILES string of the molecule is COCC[N+](CCOC)=c1ccc2c(/C=C/C=C3\N(CCCS(=O)(=O)[O-])c4ccc(S(=O)(=O)[O-])cc4C3(C)CCCC(=O)ON3C(=O)CCC3=O)cc(C(C)(C)C)oc-2c1.[Na+]. The van der Waals surface area contributed by atoms with Gasteiger partial charge in [-0.25, -0.2) is 26.2 Å². The largest absolute Gasteiger partial charge is 1.00 e. The van der Waals surface area contributed by atoms with Crippen LogP contribution < -0.4 is 44.4 Å². The molecule has 1 aromatic rings. The van der Waals surface area contributed by atoms with Crippen molar-refractivity contribution in [1.82, 2.24) is 9.64 Å². The number of hydrogen-bond acceptors (Lipinski definition) is 14. The molecule has 3 heterocycles. The van der Waals surface area contributed by atoms with Gasteiger partial charge in [-0.1, -0.05) is 32.9 Å². The number of fused-ring (bicyclic) bond motifs is 2. The van der Waals surface area contributed by atoms with Crippen LogP contribution in [0, 0.1) is 0 Å². The number of anilines is 1. The molecule has 3 aliphatic heterocycles. The van der Waals surface area contributed by atoms with Crippen LogP contribution in [0.3, 0.4) is 0 Å². The van der Waals surface area contributed by atoms with Crippen LogP contribution in [0.4, 0.5) is 5.69 Å². The summed E-state index contributed by atoms with van der Waals surface area (Å²) >= 11 is 0. The molecule has 1 aliphatic carbocycles. The summed E-state index contributed by atoms with van der Waals surface area (Å²) in [5.74, 6) is -1.36. The Labute approximate surface area is 379 Å². The zero-order valence-electron chi connectivity index (χ0n) is 35.7. The minimum atomic E-state index is -4.90. The van der Waals surface area contributed by atoms with Gasteiger partial charge < -0.3 is 32.7 Å². The van der Waals surface area contributed by atoms with Crippen LogP contribution >= 0.6 is 0 Å². The average molecular weight is 894 g/mol. The van der Waals surface area contributed by atoms with Crippen molar-refractivity contribution in [3.05, 3.63) is 82.6 Å². The molecule has 326 valence electrons. The van der Waals surface area contributed by atoms with E-state index in [1.165, 1.54) is 18.2 Å². The van der Waals surface area contributed by atoms with Crippen LogP contribution in [0.25, 0.3) is 17.4 Å². The number of allylic oxidation sites excluding steroid dienone is 3. The Bertz CT molecular complexity index is 2410. The van der Waals surface area contributed by atoms with Gasteiger partial charge in [-0.2, -0.15) is 0 Å². The number of nitrogens with zero attached hydrogens (tertiary/aromatic N) is 3. The van der Waals surface area contributed by atoms with E-state index in [4.69, 9.17) is 18.7 Å². The molecule has 16 nitrogen and oxygen atoms in total. The molecule has 0 bridgehead atoms. The van der Waals surface area contributed by atoms with E-state index in [1.807, 2.05) is 58.0 Å². The van der Waals surface area contributed by atoms with Crippen LogP contribution in [-0.4, -0.2) is 102 Å². The van der Waals surface area contributed by atoms with E-state index in [1.54, 1.807) is 31.3 Å². The zero-order valence-corrected chi connectivity index (χ0v) is 39.4. The van der Waals surface area contributed by atoms with Gasteiger partial charge in [0, 0.05) is 79.6 Å². The maximum Gasteiger partial charge on any atom is 1.00 e. The summed E-state index contributed by atoms with van der Waals surface area (Å²) in [6, 6.07) is 11.8. The first-order valence-corrected chi connectivity index (χ1v) is 22.6. The van der Waals surface area contributed by atoms with Gasteiger partial charge in [-0.05, 0) is 73.7 Å². The number of ether oxygens (including phenoxy) is 2. The second kappa shape index (κ2) is 20.6. The van der Waals surface area contributed by atoms with Crippen molar-refractivity contribution < 1.29 is 88.6 Å². The van der Waals surface area contributed by atoms with E-state index in [0.29, 0.717) is 59.8 Å². The van der Waals surface area contributed by atoms with Gasteiger partial charge in [0.1, 0.15) is 34.9 Å². The third-order valence-corrected chi connectivity index (χ3v) is 12.2. The summed E-state index contributed by atoms with van der Waals surface area (Å²) in [7, 11) is -6.19. The van der Waals surface area contributed by atoms with E-state index in [-0.39, 0.29) is 80.0 Å². The maximum atomic E-state index is 12.8. The van der Waals surface area contributed by atoms with Gasteiger partial charge in [0.2, 0.25) is 5.36 Å². The Hall–Kier alpha value is -3.72. The first-order chi connectivity index (χ1) is 28.2. The fraction of sp³-hybridized carbons (Fsp3) is 0.476. The molecular weight excluding hydrogens is 842 g/mol. The number of hydroxylamine groups is 2. The average Bonchev–Trinajstić information content (AvgIpc) is 3.60. The van der Waals surface area contributed by atoms with E-state index in [0.717, 1.165) is 16.5 Å². The minimum absolute atomic E-state index is 0. The van der Waals surface area contributed by atoms with Crippen molar-refractivity contribution in [2.45, 2.75) is 81.9 Å². The molecule has 0 radical (unpaired) electrons. The van der Waals surface area contributed by atoms with E-state index < -0.39 is 54.1 Å². The van der Waals surface area contributed by atoms with Gasteiger partial charge in [-0.15, -0.1) is 5.06 Å². The van der Waals surface area contributed by atoms with E-state index >= 15 is 0 Å². The molecule has 4 aliphatic rings. The molecule has 0 saturated carbocycles. The molecular formula is C42H52N3NaO13S2. The number of carbonyl (C=O) groups is 3. The molecule has 0 N–H and O–H groups in total. The van der Waals surface area contributed by atoms with Gasteiger partial charge in [0.25, 0.3) is 11.8 Å². The van der Waals surface area contributed by atoms with Crippen LogP contribution in [-0.2, 0) is 59.8 Å². The molecule has 1 saturated heterocycles. The number of imide groups is 1. The van der Waals surface area contributed by atoms with Gasteiger partial charge in [0.05, 0.1) is 21.1 Å². The fourth-order valence-electron chi connectivity index (χ4n) is 7.40.